The number of hydrogen-bond donors (Lipinski definition) is 2. The van der Waals surface area contributed by atoms with Crippen molar-refractivity contribution in [3.8, 4) is 5.75 Å². The van der Waals surface area contributed by atoms with Crippen LogP contribution in [0.3, 0.4) is 0 Å². The Hall–Kier alpha value is -1.80. The number of amides is 1. The Balaban J connectivity index is 2.22. The average Bonchev–Trinajstić information content (AvgIpc) is 2.57. The Morgan fingerprint density at radius 3 is 2.52 bits per heavy atom. The van der Waals surface area contributed by atoms with Crippen LogP contribution in [-0.2, 0) is 14.8 Å². The van der Waals surface area contributed by atoms with Gasteiger partial charge in [0.15, 0.2) is 0 Å². The summed E-state index contributed by atoms with van der Waals surface area (Å²) < 4.78 is 38.3. The maximum atomic E-state index is 12.6. The number of carbonyl (C=O) groups is 1. The van der Waals surface area contributed by atoms with Gasteiger partial charge in [-0.25, -0.2) is 17.9 Å². The minimum absolute atomic E-state index is 0.0354. The van der Waals surface area contributed by atoms with Crippen molar-refractivity contribution in [1.82, 2.24) is 4.72 Å². The van der Waals surface area contributed by atoms with E-state index in [4.69, 9.17) is 9.47 Å². The Labute approximate surface area is 149 Å². The third-order valence-electron chi connectivity index (χ3n) is 4.00. The first-order valence-electron chi connectivity index (χ1n) is 8.69. The molecule has 7 nitrogen and oxygen atoms in total. The van der Waals surface area contributed by atoms with Crippen LogP contribution in [0.25, 0.3) is 0 Å². The van der Waals surface area contributed by atoms with Gasteiger partial charge in [-0.3, -0.25) is 5.32 Å². The second-order valence-corrected chi connectivity index (χ2v) is 7.61. The summed E-state index contributed by atoms with van der Waals surface area (Å²) in [4.78, 5) is 11.8. The minimum Gasteiger partial charge on any atom is -0.492 e. The molecule has 8 heteroatoms. The molecule has 1 aromatic carbocycles. The molecule has 0 aliphatic heterocycles. The van der Waals surface area contributed by atoms with Crippen LogP contribution >= 0.6 is 0 Å². The Morgan fingerprint density at radius 2 is 1.88 bits per heavy atom. The highest BCUT2D eigenvalue weighted by Crippen LogP contribution is 2.29. The zero-order valence-corrected chi connectivity index (χ0v) is 15.5. The Kier molecular flexibility index (Phi) is 7.07. The molecule has 1 aliphatic rings. The average molecular weight is 370 g/mol. The highest BCUT2D eigenvalue weighted by molar-refractivity contribution is 7.89. The predicted molar refractivity (Wildman–Crippen MR) is 95.5 cm³/mol. The van der Waals surface area contributed by atoms with Crippen molar-refractivity contribution in [3.05, 3.63) is 18.2 Å². The van der Waals surface area contributed by atoms with Crippen molar-refractivity contribution < 1.29 is 22.7 Å². The molecule has 0 bridgehead atoms. The molecule has 140 valence electrons. The summed E-state index contributed by atoms with van der Waals surface area (Å²) in [7, 11) is -3.66. The van der Waals surface area contributed by atoms with Crippen molar-refractivity contribution in [1.29, 1.82) is 0 Å². The van der Waals surface area contributed by atoms with Crippen LogP contribution in [0.2, 0.25) is 0 Å². The van der Waals surface area contributed by atoms with Crippen LogP contribution in [0.4, 0.5) is 10.5 Å². The number of carbonyl (C=O) groups excluding carboxylic acids is 1. The van der Waals surface area contributed by atoms with E-state index in [1.165, 1.54) is 12.1 Å². The normalized spacial score (nSPS) is 15.6. The van der Waals surface area contributed by atoms with Gasteiger partial charge in [-0.15, -0.1) is 0 Å². The molecule has 2 N–H and O–H groups in total. The van der Waals surface area contributed by atoms with E-state index in [2.05, 4.69) is 10.0 Å². The van der Waals surface area contributed by atoms with E-state index >= 15 is 0 Å². The lowest BCUT2D eigenvalue weighted by atomic mass is 9.96. The molecule has 1 amide bonds. The Morgan fingerprint density at radius 1 is 1.16 bits per heavy atom. The van der Waals surface area contributed by atoms with Crippen LogP contribution in [-0.4, -0.2) is 33.8 Å². The number of ether oxygens (including phenoxy) is 2. The zero-order valence-electron chi connectivity index (χ0n) is 14.7. The number of benzene rings is 1. The molecular formula is C17H26N2O5S. The van der Waals surface area contributed by atoms with Gasteiger partial charge in [-0.1, -0.05) is 19.3 Å². The van der Waals surface area contributed by atoms with Gasteiger partial charge in [0.2, 0.25) is 10.0 Å². The van der Waals surface area contributed by atoms with Crippen molar-refractivity contribution >= 4 is 21.8 Å². The topological polar surface area (TPSA) is 93.7 Å². The maximum absolute atomic E-state index is 12.6. The van der Waals surface area contributed by atoms with E-state index in [0.29, 0.717) is 12.4 Å². The summed E-state index contributed by atoms with van der Waals surface area (Å²) in [5.41, 5.74) is 0.270. The summed E-state index contributed by atoms with van der Waals surface area (Å²) in [6.45, 7) is 4.11. The molecule has 0 aromatic heterocycles. The first-order valence-corrected chi connectivity index (χ1v) is 10.2. The summed E-state index contributed by atoms with van der Waals surface area (Å²) >= 11 is 0. The first-order chi connectivity index (χ1) is 12.0. The second kappa shape index (κ2) is 9.05. The van der Waals surface area contributed by atoms with E-state index in [0.717, 1.165) is 32.1 Å². The van der Waals surface area contributed by atoms with Crippen LogP contribution in [0.15, 0.2) is 23.1 Å². The van der Waals surface area contributed by atoms with E-state index in [1.807, 2.05) is 6.92 Å². The summed E-state index contributed by atoms with van der Waals surface area (Å²) in [6.07, 6.45) is 4.26. The van der Waals surface area contributed by atoms with Crippen molar-refractivity contribution in [2.45, 2.75) is 56.9 Å². The summed E-state index contributed by atoms with van der Waals surface area (Å²) in [5, 5.41) is 2.53. The molecular weight excluding hydrogens is 344 g/mol. The Bertz CT molecular complexity index is 684. The van der Waals surface area contributed by atoms with Crippen LogP contribution in [0.1, 0.15) is 46.0 Å². The minimum atomic E-state index is -3.66. The SMILES string of the molecule is CCOC(=O)Nc1cc(S(=O)(=O)NC2CCCCC2)ccc1OCC. The smallest absolute Gasteiger partial charge is 0.411 e. The lowest BCUT2D eigenvalue weighted by Gasteiger charge is -2.23. The van der Waals surface area contributed by atoms with Crippen LogP contribution in [0.5, 0.6) is 5.75 Å². The van der Waals surface area contributed by atoms with Gasteiger partial charge in [0.05, 0.1) is 23.8 Å². The molecule has 0 unspecified atom stereocenters. The number of anilines is 1. The van der Waals surface area contributed by atoms with Crippen LogP contribution < -0.4 is 14.8 Å². The van der Waals surface area contributed by atoms with Gasteiger partial charge in [-0.2, -0.15) is 0 Å². The molecule has 1 aliphatic carbocycles. The lowest BCUT2D eigenvalue weighted by molar-refractivity contribution is 0.167. The van der Waals surface area contributed by atoms with E-state index < -0.39 is 16.1 Å². The number of hydrogen-bond acceptors (Lipinski definition) is 5. The molecule has 0 atom stereocenters. The molecule has 1 aromatic rings. The van der Waals surface area contributed by atoms with Crippen LogP contribution in [0, 0.1) is 0 Å². The summed E-state index contributed by atoms with van der Waals surface area (Å²) in [5.74, 6) is 0.396. The van der Waals surface area contributed by atoms with Gasteiger partial charge in [0.1, 0.15) is 5.75 Å². The van der Waals surface area contributed by atoms with Crippen molar-refractivity contribution in [3.63, 3.8) is 0 Å². The number of rotatable bonds is 7. The summed E-state index contributed by atoms with van der Waals surface area (Å²) in [6, 6.07) is 4.38. The number of nitrogens with one attached hydrogen (secondary N) is 2. The van der Waals surface area contributed by atoms with E-state index in [1.54, 1.807) is 13.0 Å². The predicted octanol–water partition coefficient (Wildman–Crippen LogP) is 3.26. The maximum Gasteiger partial charge on any atom is 0.411 e. The molecule has 2 rings (SSSR count). The molecule has 1 fully saturated rings. The largest absolute Gasteiger partial charge is 0.492 e. The molecule has 0 heterocycles. The first kappa shape index (κ1) is 19.5. The van der Waals surface area contributed by atoms with Gasteiger partial charge in [0, 0.05) is 6.04 Å². The second-order valence-electron chi connectivity index (χ2n) is 5.89. The molecule has 0 spiro atoms. The zero-order chi connectivity index (χ0) is 18.3. The van der Waals surface area contributed by atoms with Gasteiger partial charge >= 0.3 is 6.09 Å². The monoisotopic (exact) mass is 370 g/mol. The highest BCUT2D eigenvalue weighted by Gasteiger charge is 2.23. The van der Waals surface area contributed by atoms with Gasteiger partial charge in [-0.05, 0) is 44.9 Å². The fraction of sp³-hybridized carbons (Fsp3) is 0.588. The molecule has 25 heavy (non-hydrogen) atoms. The van der Waals surface area contributed by atoms with Gasteiger partial charge < -0.3 is 9.47 Å². The van der Waals surface area contributed by atoms with E-state index in [9.17, 15) is 13.2 Å². The third-order valence-corrected chi connectivity index (χ3v) is 5.52. The molecule has 0 radical (unpaired) electrons. The van der Waals surface area contributed by atoms with Gasteiger partial charge in [0.25, 0.3) is 0 Å². The number of sulfonamides is 1. The highest BCUT2D eigenvalue weighted by atomic mass is 32.2. The van der Waals surface area contributed by atoms with Crippen molar-refractivity contribution in [2.24, 2.45) is 0 Å². The molecule has 0 saturated heterocycles. The fourth-order valence-electron chi connectivity index (χ4n) is 2.84. The lowest BCUT2D eigenvalue weighted by Crippen LogP contribution is -2.36. The van der Waals surface area contributed by atoms with Crippen molar-refractivity contribution in [2.75, 3.05) is 18.5 Å². The fourth-order valence-corrected chi connectivity index (χ4v) is 4.17. The quantitative estimate of drug-likeness (QED) is 0.768. The molecule has 1 saturated carbocycles. The van der Waals surface area contributed by atoms with E-state index in [-0.39, 0.29) is 23.2 Å². The third kappa shape index (κ3) is 5.61. The standard InChI is InChI=1S/C17H26N2O5S/c1-3-23-16-11-10-14(12-15(16)18-17(20)24-4-2)25(21,22)19-13-8-6-5-7-9-13/h10-13,19H,3-9H2,1-2H3,(H,18,20).